The van der Waals surface area contributed by atoms with Crippen LogP contribution in [0.4, 0.5) is 0 Å². The molecule has 0 amide bonds. The molecule has 148 valence electrons. The van der Waals surface area contributed by atoms with Crippen molar-refractivity contribution in [3.63, 3.8) is 0 Å². The third-order valence-corrected chi connectivity index (χ3v) is 4.68. The van der Waals surface area contributed by atoms with Gasteiger partial charge in [0.05, 0.1) is 6.10 Å². The Morgan fingerprint density at radius 3 is 1.88 bits per heavy atom. The van der Waals surface area contributed by atoms with Crippen molar-refractivity contribution >= 4 is 11.8 Å². The molecule has 2 atom stereocenters. The molecule has 0 aromatic rings. The highest BCUT2D eigenvalue weighted by molar-refractivity contribution is 5.98. The summed E-state index contributed by atoms with van der Waals surface area (Å²) in [7, 11) is 0. The lowest BCUT2D eigenvalue weighted by Crippen LogP contribution is -2.35. The van der Waals surface area contributed by atoms with Gasteiger partial charge in [0.2, 0.25) is 0 Å². The Morgan fingerprint density at radius 1 is 0.800 bits per heavy atom. The van der Waals surface area contributed by atoms with Gasteiger partial charge in [-0.25, -0.2) is 0 Å². The van der Waals surface area contributed by atoms with E-state index in [0.717, 1.165) is 70.6 Å². The van der Waals surface area contributed by atoms with E-state index in [-0.39, 0.29) is 18.8 Å². The van der Waals surface area contributed by atoms with Gasteiger partial charge in [-0.2, -0.15) is 0 Å². The standard InChI is InChI=1S/C20H38O5/c1-2-3-4-8-11-14-17(22)19(20(24)25)18(23)15-12-9-6-5-7-10-13-16-21/h17,19,21-22H,2-16H2,1H3,(H,24,25). The summed E-state index contributed by atoms with van der Waals surface area (Å²) in [5, 5.41) is 28.1. The lowest BCUT2D eigenvalue weighted by Gasteiger charge is -2.18. The number of aliphatic hydroxyl groups is 2. The number of carbonyl (C=O) groups is 2. The topological polar surface area (TPSA) is 94.8 Å². The minimum absolute atomic E-state index is 0.237. The number of rotatable bonds is 18. The number of carboxylic acids is 1. The monoisotopic (exact) mass is 358 g/mol. The zero-order valence-corrected chi connectivity index (χ0v) is 15.9. The summed E-state index contributed by atoms with van der Waals surface area (Å²) in [6.07, 6.45) is 11.3. The third-order valence-electron chi connectivity index (χ3n) is 4.68. The molecule has 0 bridgehead atoms. The first-order valence-corrected chi connectivity index (χ1v) is 10.1. The minimum Gasteiger partial charge on any atom is -0.481 e. The maximum absolute atomic E-state index is 12.2. The van der Waals surface area contributed by atoms with Crippen LogP contribution < -0.4 is 0 Å². The van der Waals surface area contributed by atoms with Crippen LogP contribution in [0.5, 0.6) is 0 Å². The fourth-order valence-electron chi connectivity index (χ4n) is 3.09. The van der Waals surface area contributed by atoms with Crippen LogP contribution in [0.3, 0.4) is 0 Å². The van der Waals surface area contributed by atoms with Gasteiger partial charge >= 0.3 is 5.97 Å². The minimum atomic E-state index is -1.27. The zero-order chi connectivity index (χ0) is 18.9. The summed E-state index contributed by atoms with van der Waals surface area (Å²) in [6.45, 7) is 2.37. The molecule has 0 aromatic heterocycles. The Labute approximate surface area is 152 Å². The lowest BCUT2D eigenvalue weighted by atomic mass is 9.90. The summed E-state index contributed by atoms with van der Waals surface area (Å²) < 4.78 is 0. The number of aliphatic hydroxyl groups excluding tert-OH is 2. The highest BCUT2D eigenvalue weighted by Gasteiger charge is 2.32. The molecule has 0 aromatic carbocycles. The van der Waals surface area contributed by atoms with Crippen molar-refractivity contribution in [1.82, 2.24) is 0 Å². The molecule has 0 fully saturated rings. The third kappa shape index (κ3) is 13.0. The molecule has 0 saturated heterocycles. The van der Waals surface area contributed by atoms with Gasteiger partial charge in [0.25, 0.3) is 0 Å². The number of ketones is 1. The molecule has 0 heterocycles. The second-order valence-corrected chi connectivity index (χ2v) is 7.00. The average Bonchev–Trinajstić information content (AvgIpc) is 2.57. The number of hydrogen-bond acceptors (Lipinski definition) is 4. The number of carbonyl (C=O) groups excluding carboxylic acids is 1. The first kappa shape index (κ1) is 24.1. The fourth-order valence-corrected chi connectivity index (χ4v) is 3.09. The van der Waals surface area contributed by atoms with Crippen molar-refractivity contribution in [1.29, 1.82) is 0 Å². The van der Waals surface area contributed by atoms with E-state index in [4.69, 9.17) is 5.11 Å². The first-order valence-electron chi connectivity index (χ1n) is 10.1. The van der Waals surface area contributed by atoms with Crippen LogP contribution in [0, 0.1) is 5.92 Å². The Balaban J connectivity index is 3.96. The molecule has 25 heavy (non-hydrogen) atoms. The van der Waals surface area contributed by atoms with E-state index >= 15 is 0 Å². The molecule has 2 unspecified atom stereocenters. The molecule has 0 aliphatic rings. The van der Waals surface area contributed by atoms with Gasteiger partial charge in [-0.15, -0.1) is 0 Å². The van der Waals surface area contributed by atoms with Gasteiger partial charge in [0, 0.05) is 13.0 Å². The number of carboxylic acid groups (broad SMARTS) is 1. The quantitative estimate of drug-likeness (QED) is 0.253. The van der Waals surface area contributed by atoms with Crippen LogP contribution in [-0.4, -0.2) is 39.8 Å². The van der Waals surface area contributed by atoms with Gasteiger partial charge in [-0.05, 0) is 19.3 Å². The predicted molar refractivity (Wildman–Crippen MR) is 99.5 cm³/mol. The molecule has 5 nitrogen and oxygen atoms in total. The SMILES string of the molecule is CCCCCCCC(O)C(C(=O)O)C(=O)CCCCCCCCCO. The van der Waals surface area contributed by atoms with Crippen LogP contribution in [0.2, 0.25) is 0 Å². The second kappa shape index (κ2) is 16.5. The second-order valence-electron chi connectivity index (χ2n) is 7.00. The van der Waals surface area contributed by atoms with Gasteiger partial charge in [-0.1, -0.05) is 71.1 Å². The van der Waals surface area contributed by atoms with E-state index in [9.17, 15) is 19.8 Å². The first-order chi connectivity index (χ1) is 12.0. The molecule has 0 saturated carbocycles. The maximum Gasteiger partial charge on any atom is 0.316 e. The van der Waals surface area contributed by atoms with Crippen molar-refractivity contribution in [2.24, 2.45) is 5.92 Å². The molecule has 0 spiro atoms. The molecule has 0 aliphatic carbocycles. The lowest BCUT2D eigenvalue weighted by molar-refractivity contribution is -0.151. The smallest absolute Gasteiger partial charge is 0.316 e. The molecule has 5 heteroatoms. The molecule has 0 rings (SSSR count). The van der Waals surface area contributed by atoms with Crippen molar-refractivity contribution in [2.45, 2.75) is 103 Å². The molecular formula is C20H38O5. The van der Waals surface area contributed by atoms with Crippen molar-refractivity contribution in [3.05, 3.63) is 0 Å². The zero-order valence-electron chi connectivity index (χ0n) is 15.9. The molecule has 0 aliphatic heterocycles. The van der Waals surface area contributed by atoms with Crippen molar-refractivity contribution < 1.29 is 24.9 Å². The van der Waals surface area contributed by atoms with Gasteiger partial charge in [0.1, 0.15) is 11.7 Å². The number of hydrogen-bond donors (Lipinski definition) is 3. The Hall–Kier alpha value is -0.940. The van der Waals surface area contributed by atoms with Crippen molar-refractivity contribution in [3.8, 4) is 0 Å². The van der Waals surface area contributed by atoms with E-state index in [1.54, 1.807) is 0 Å². The molecule has 3 N–H and O–H groups in total. The summed E-state index contributed by atoms with van der Waals surface area (Å²) in [5.41, 5.74) is 0. The van der Waals surface area contributed by atoms with Crippen LogP contribution >= 0.6 is 0 Å². The largest absolute Gasteiger partial charge is 0.481 e. The predicted octanol–water partition coefficient (Wildman–Crippen LogP) is 4.09. The van der Waals surface area contributed by atoms with E-state index in [1.807, 2.05) is 0 Å². The Kier molecular flexibility index (Phi) is 15.9. The van der Waals surface area contributed by atoms with Crippen molar-refractivity contribution in [2.75, 3.05) is 6.61 Å². The summed E-state index contributed by atoms with van der Waals surface area (Å²) in [5.74, 6) is -2.81. The summed E-state index contributed by atoms with van der Waals surface area (Å²) in [4.78, 5) is 23.5. The maximum atomic E-state index is 12.2. The van der Waals surface area contributed by atoms with E-state index in [2.05, 4.69) is 6.92 Å². The van der Waals surface area contributed by atoms with E-state index in [1.165, 1.54) is 0 Å². The van der Waals surface area contributed by atoms with Gasteiger partial charge in [0.15, 0.2) is 0 Å². The van der Waals surface area contributed by atoms with Gasteiger partial charge in [-0.3, -0.25) is 9.59 Å². The number of unbranched alkanes of at least 4 members (excludes halogenated alkanes) is 10. The molecular weight excluding hydrogens is 320 g/mol. The van der Waals surface area contributed by atoms with E-state index in [0.29, 0.717) is 12.8 Å². The fraction of sp³-hybridized carbons (Fsp3) is 0.900. The van der Waals surface area contributed by atoms with Gasteiger partial charge < -0.3 is 15.3 Å². The summed E-state index contributed by atoms with van der Waals surface area (Å²) >= 11 is 0. The van der Waals surface area contributed by atoms with Crippen LogP contribution in [0.25, 0.3) is 0 Å². The summed E-state index contributed by atoms with van der Waals surface area (Å²) in [6, 6.07) is 0. The average molecular weight is 359 g/mol. The van der Waals surface area contributed by atoms with E-state index < -0.39 is 18.0 Å². The van der Waals surface area contributed by atoms with Crippen LogP contribution in [-0.2, 0) is 9.59 Å². The molecule has 0 radical (unpaired) electrons. The van der Waals surface area contributed by atoms with Crippen LogP contribution in [0.15, 0.2) is 0 Å². The number of aliphatic carboxylic acids is 1. The Bertz CT molecular complexity index is 343. The number of Topliss-reactive ketones (excluding diaryl/α,β-unsaturated/α-hetero) is 1. The van der Waals surface area contributed by atoms with Crippen LogP contribution in [0.1, 0.15) is 96.8 Å². The Morgan fingerprint density at radius 2 is 1.32 bits per heavy atom. The normalized spacial score (nSPS) is 13.6. The highest BCUT2D eigenvalue weighted by atomic mass is 16.4. The highest BCUT2D eigenvalue weighted by Crippen LogP contribution is 2.18.